The first-order valence-corrected chi connectivity index (χ1v) is 33.8. The quantitative estimate of drug-likeness (QED) is 0.0211. The van der Waals surface area contributed by atoms with Crippen LogP contribution in [0.25, 0.3) is 0 Å². The molecule has 458 valence electrons. The van der Waals surface area contributed by atoms with E-state index < -0.39 is 26.5 Å². The van der Waals surface area contributed by atoms with Crippen molar-refractivity contribution in [2.45, 2.75) is 264 Å². The molecule has 10 heteroatoms. The van der Waals surface area contributed by atoms with E-state index in [-0.39, 0.29) is 32.0 Å². The Morgan fingerprint density at radius 1 is 0.400 bits per heavy atom. The van der Waals surface area contributed by atoms with E-state index in [1.54, 1.807) is 0 Å². The molecule has 80 heavy (non-hydrogen) atoms. The highest BCUT2D eigenvalue weighted by Crippen LogP contribution is 2.43. The molecule has 0 aromatic heterocycles. The minimum absolute atomic E-state index is 0.0252. The fourth-order valence-electron chi connectivity index (χ4n) is 8.53. The maximum Gasteiger partial charge on any atom is 0.472 e. The van der Waals surface area contributed by atoms with Gasteiger partial charge in [-0.3, -0.25) is 18.6 Å². The number of nitrogens with zero attached hydrogens (tertiary/aromatic N) is 1. The lowest BCUT2D eigenvalue weighted by atomic mass is 10.1. The van der Waals surface area contributed by atoms with Crippen LogP contribution in [0.1, 0.15) is 258 Å². The molecule has 0 bridgehead atoms. The summed E-state index contributed by atoms with van der Waals surface area (Å²) in [5.41, 5.74) is 0. The molecule has 0 aliphatic heterocycles. The predicted molar refractivity (Wildman–Crippen MR) is 344 cm³/mol. The molecule has 0 aromatic carbocycles. The second-order valence-electron chi connectivity index (χ2n) is 22.4. The zero-order valence-electron chi connectivity index (χ0n) is 52.0. The second-order valence-corrected chi connectivity index (χ2v) is 23.9. The van der Waals surface area contributed by atoms with Crippen LogP contribution < -0.4 is 0 Å². The van der Waals surface area contributed by atoms with Crippen molar-refractivity contribution in [1.29, 1.82) is 0 Å². The van der Waals surface area contributed by atoms with Gasteiger partial charge in [-0.25, -0.2) is 4.57 Å². The minimum atomic E-state index is -4.40. The molecule has 0 aliphatic rings. The fraction of sp³-hybridized carbons (Fsp3) is 0.686. The third kappa shape index (κ3) is 63.6. The molecule has 9 nitrogen and oxygen atoms in total. The van der Waals surface area contributed by atoms with E-state index in [4.69, 9.17) is 18.5 Å². The van der Waals surface area contributed by atoms with Gasteiger partial charge >= 0.3 is 19.8 Å². The van der Waals surface area contributed by atoms with Crippen LogP contribution >= 0.6 is 7.82 Å². The summed E-state index contributed by atoms with van der Waals surface area (Å²) in [6.07, 6.45) is 85.6. The standard InChI is InChI=1S/C70H120NO8P/c1-6-8-10-12-14-16-18-20-22-24-26-27-28-29-30-31-32-33-34-35-36-37-38-39-40-41-42-43-45-47-49-51-53-55-57-59-61-63-70(73)79-68(67-78-80(74,75)77-65-64-71(3,4)5)66-76-69(72)62-60-58-56-54-52-50-48-46-44-25-23-21-19-17-15-13-11-9-7-2/h8,10,14,16,20-23,26-27,29-30,32-33,35-36,38-39,41-42,68H,6-7,9,11-13,15,17-19,24-25,28,31,34,37,40,43-67H2,1-5H3/p+1/b10-8-,16-14-,22-20-,23-21-,27-26-,30-29-,33-32-,36-35-,39-38-,42-41-. The molecule has 1 N–H and O–H groups in total. The molecule has 0 rings (SSSR count). The Bertz CT molecular complexity index is 1760. The molecule has 0 radical (unpaired) electrons. The Balaban J connectivity index is 4.13. The summed E-state index contributed by atoms with van der Waals surface area (Å²) < 4.78 is 34.6. The van der Waals surface area contributed by atoms with E-state index in [9.17, 15) is 19.0 Å². The number of hydrogen-bond donors (Lipinski definition) is 1. The topological polar surface area (TPSA) is 108 Å². The van der Waals surface area contributed by atoms with Crippen molar-refractivity contribution < 1.29 is 42.1 Å². The third-order valence-corrected chi connectivity index (χ3v) is 14.5. The van der Waals surface area contributed by atoms with Gasteiger partial charge in [-0.15, -0.1) is 0 Å². The molecule has 2 unspecified atom stereocenters. The number of carbonyl (C=O) groups excluding carboxylic acids is 2. The van der Waals surface area contributed by atoms with Crippen molar-refractivity contribution >= 4 is 19.8 Å². The van der Waals surface area contributed by atoms with Gasteiger partial charge in [0, 0.05) is 12.8 Å². The molecule has 2 atom stereocenters. The lowest BCUT2D eigenvalue weighted by molar-refractivity contribution is -0.870. The molecule has 0 amide bonds. The number of phosphoric ester groups is 1. The van der Waals surface area contributed by atoms with E-state index >= 15 is 0 Å². The van der Waals surface area contributed by atoms with Gasteiger partial charge in [-0.05, 0) is 109 Å². The highest BCUT2D eigenvalue weighted by Gasteiger charge is 2.27. The minimum Gasteiger partial charge on any atom is -0.462 e. The van der Waals surface area contributed by atoms with Gasteiger partial charge in [-0.1, -0.05) is 257 Å². The van der Waals surface area contributed by atoms with Crippen molar-refractivity contribution in [3.63, 3.8) is 0 Å². The number of phosphoric acid groups is 1. The van der Waals surface area contributed by atoms with Gasteiger partial charge in [0.25, 0.3) is 0 Å². The zero-order valence-corrected chi connectivity index (χ0v) is 52.9. The van der Waals surface area contributed by atoms with E-state index in [0.717, 1.165) is 103 Å². The summed E-state index contributed by atoms with van der Waals surface area (Å²) in [5, 5.41) is 0. The van der Waals surface area contributed by atoms with Crippen LogP contribution in [0.5, 0.6) is 0 Å². The first-order chi connectivity index (χ1) is 39.0. The number of allylic oxidation sites excluding steroid dienone is 20. The third-order valence-electron chi connectivity index (χ3n) is 13.5. The maximum atomic E-state index is 12.8. The van der Waals surface area contributed by atoms with Crippen molar-refractivity contribution in [3.05, 3.63) is 122 Å². The summed E-state index contributed by atoms with van der Waals surface area (Å²) in [6.45, 7) is 4.31. The first kappa shape index (κ1) is 76.4. The van der Waals surface area contributed by atoms with Gasteiger partial charge in [0.2, 0.25) is 0 Å². The van der Waals surface area contributed by atoms with Crippen LogP contribution in [-0.2, 0) is 32.7 Å². The maximum absolute atomic E-state index is 12.8. The van der Waals surface area contributed by atoms with Crippen LogP contribution in [0.2, 0.25) is 0 Å². The number of hydrogen-bond acceptors (Lipinski definition) is 7. The van der Waals surface area contributed by atoms with Crippen LogP contribution in [0, 0.1) is 0 Å². The monoisotopic (exact) mass is 1130 g/mol. The number of unbranched alkanes of at least 4 members (excludes halogenated alkanes) is 24. The Morgan fingerprint density at radius 2 is 0.713 bits per heavy atom. The molecular weight excluding hydrogens is 1010 g/mol. The normalized spacial score (nSPS) is 14.0. The van der Waals surface area contributed by atoms with E-state index in [1.165, 1.54) is 122 Å². The van der Waals surface area contributed by atoms with Crippen molar-refractivity contribution in [2.24, 2.45) is 0 Å². The summed E-state index contributed by atoms with van der Waals surface area (Å²) in [6, 6.07) is 0. The van der Waals surface area contributed by atoms with Crippen LogP contribution in [-0.4, -0.2) is 74.9 Å². The largest absolute Gasteiger partial charge is 0.472 e. The van der Waals surface area contributed by atoms with Gasteiger partial charge in [0.15, 0.2) is 6.10 Å². The number of ether oxygens (including phenoxy) is 2. The van der Waals surface area contributed by atoms with Crippen LogP contribution in [0.4, 0.5) is 0 Å². The number of quaternary nitrogens is 1. The van der Waals surface area contributed by atoms with E-state index in [1.807, 2.05) is 21.1 Å². The van der Waals surface area contributed by atoms with Gasteiger partial charge in [0.05, 0.1) is 27.7 Å². The molecule has 0 spiro atoms. The Morgan fingerprint density at radius 3 is 1.07 bits per heavy atom. The first-order valence-electron chi connectivity index (χ1n) is 32.3. The van der Waals surface area contributed by atoms with Crippen LogP contribution in [0.3, 0.4) is 0 Å². The highest BCUT2D eigenvalue weighted by atomic mass is 31.2. The SMILES string of the molecule is CC/C=C\C/C=C\C/C=C\C/C=C\C/C=C\C/C=C\C/C=C\C/C=C\C/C=C\CCCCCCCCCCCC(=O)OC(COC(=O)CCCCCCCCCCC/C=C\CCCCCCCC)COP(=O)(O)OCC[N+](C)(C)C. The Labute approximate surface area is 492 Å². The molecule has 0 heterocycles. The fourth-order valence-corrected chi connectivity index (χ4v) is 9.27. The summed E-state index contributed by atoms with van der Waals surface area (Å²) in [7, 11) is 1.46. The summed E-state index contributed by atoms with van der Waals surface area (Å²) >= 11 is 0. The number of carbonyl (C=O) groups is 2. The molecule has 0 saturated carbocycles. The van der Waals surface area contributed by atoms with Gasteiger partial charge in [-0.2, -0.15) is 0 Å². The highest BCUT2D eigenvalue weighted by molar-refractivity contribution is 7.47. The second kappa shape index (κ2) is 60.0. The van der Waals surface area contributed by atoms with Crippen molar-refractivity contribution in [3.8, 4) is 0 Å². The molecular formula is C70H121NO8P+. The smallest absolute Gasteiger partial charge is 0.462 e. The predicted octanol–water partition coefficient (Wildman–Crippen LogP) is 20.7. The average molecular weight is 1140 g/mol. The molecule has 0 aromatic rings. The van der Waals surface area contributed by atoms with E-state index in [2.05, 4.69) is 135 Å². The number of likely N-dealkylation sites (N-methyl/N-ethyl adjacent to an activating group) is 1. The van der Waals surface area contributed by atoms with Gasteiger partial charge in [0.1, 0.15) is 19.8 Å². The molecule has 0 aliphatic carbocycles. The Kier molecular flexibility index (Phi) is 57.3. The lowest BCUT2D eigenvalue weighted by Gasteiger charge is -2.24. The molecule has 0 saturated heterocycles. The van der Waals surface area contributed by atoms with Crippen LogP contribution in [0.15, 0.2) is 122 Å². The zero-order chi connectivity index (χ0) is 58.4. The summed E-state index contributed by atoms with van der Waals surface area (Å²) in [5.74, 6) is -0.808. The Hall–Kier alpha value is -3.59. The van der Waals surface area contributed by atoms with Crippen molar-refractivity contribution in [2.75, 3.05) is 47.5 Å². The van der Waals surface area contributed by atoms with Crippen molar-refractivity contribution in [1.82, 2.24) is 0 Å². The molecule has 0 fully saturated rings. The lowest BCUT2D eigenvalue weighted by Crippen LogP contribution is -2.37. The number of esters is 2. The average Bonchev–Trinajstić information content (AvgIpc) is 3.42. The number of rotatable bonds is 58. The van der Waals surface area contributed by atoms with Gasteiger partial charge < -0.3 is 18.9 Å². The van der Waals surface area contributed by atoms with E-state index in [0.29, 0.717) is 17.4 Å². The summed E-state index contributed by atoms with van der Waals surface area (Å²) in [4.78, 5) is 35.8.